The summed E-state index contributed by atoms with van der Waals surface area (Å²) in [6, 6.07) is 5.50. The van der Waals surface area contributed by atoms with Gasteiger partial charge in [0, 0.05) is 30.8 Å². The van der Waals surface area contributed by atoms with Gasteiger partial charge in [0.25, 0.3) is 5.91 Å². The topological polar surface area (TPSA) is 48.0 Å². The number of rotatable bonds is 6. The van der Waals surface area contributed by atoms with Crippen molar-refractivity contribution in [3.63, 3.8) is 0 Å². The van der Waals surface area contributed by atoms with E-state index in [-0.39, 0.29) is 5.91 Å². The molecular weight excluding hydrogens is 270 g/mol. The molecule has 1 amide bonds. The number of hydrogen-bond acceptors (Lipinski definition) is 4. The molecule has 21 heavy (non-hydrogen) atoms. The molecule has 116 valence electrons. The summed E-state index contributed by atoms with van der Waals surface area (Å²) >= 11 is 0. The molecule has 0 bridgehead atoms. The van der Waals surface area contributed by atoms with E-state index in [2.05, 4.69) is 6.92 Å². The van der Waals surface area contributed by atoms with Gasteiger partial charge in [0.05, 0.1) is 26.9 Å². The van der Waals surface area contributed by atoms with Gasteiger partial charge in [0.1, 0.15) is 5.75 Å². The van der Waals surface area contributed by atoms with E-state index in [4.69, 9.17) is 14.2 Å². The number of methoxy groups -OCH3 is 1. The summed E-state index contributed by atoms with van der Waals surface area (Å²) in [6.07, 6.45) is 0.967. The van der Waals surface area contributed by atoms with Crippen molar-refractivity contribution in [1.29, 1.82) is 0 Å². The summed E-state index contributed by atoms with van der Waals surface area (Å²) in [5.41, 5.74) is 1.58. The van der Waals surface area contributed by atoms with Gasteiger partial charge in [-0.3, -0.25) is 4.79 Å². The summed E-state index contributed by atoms with van der Waals surface area (Å²) in [5, 5.41) is 0. The van der Waals surface area contributed by atoms with Crippen LogP contribution in [0.25, 0.3) is 0 Å². The van der Waals surface area contributed by atoms with Gasteiger partial charge < -0.3 is 19.1 Å². The SMILES string of the molecule is CCCOCc1cc(C(=O)N2CCOCC2)ccc1OC. The summed E-state index contributed by atoms with van der Waals surface area (Å²) < 4.78 is 16.2. The van der Waals surface area contributed by atoms with Crippen LogP contribution >= 0.6 is 0 Å². The van der Waals surface area contributed by atoms with Crippen LogP contribution in [0.5, 0.6) is 5.75 Å². The van der Waals surface area contributed by atoms with Crippen LogP contribution in [0.3, 0.4) is 0 Å². The van der Waals surface area contributed by atoms with Crippen molar-refractivity contribution in [2.24, 2.45) is 0 Å². The Hall–Kier alpha value is -1.59. The second-order valence-electron chi connectivity index (χ2n) is 4.98. The van der Waals surface area contributed by atoms with Gasteiger partial charge in [-0.2, -0.15) is 0 Å². The van der Waals surface area contributed by atoms with Gasteiger partial charge in [-0.25, -0.2) is 0 Å². The minimum Gasteiger partial charge on any atom is -0.496 e. The minimum atomic E-state index is 0.0395. The lowest BCUT2D eigenvalue weighted by atomic mass is 10.1. The number of ether oxygens (including phenoxy) is 3. The number of amides is 1. The Bertz CT molecular complexity index is 469. The Morgan fingerprint density at radius 3 is 2.76 bits per heavy atom. The van der Waals surface area contributed by atoms with Crippen molar-refractivity contribution in [2.45, 2.75) is 20.0 Å². The number of nitrogens with zero attached hydrogens (tertiary/aromatic N) is 1. The molecule has 1 aromatic carbocycles. The largest absolute Gasteiger partial charge is 0.496 e. The third-order valence-corrected chi connectivity index (χ3v) is 3.43. The Labute approximate surface area is 125 Å². The van der Waals surface area contributed by atoms with E-state index in [9.17, 15) is 4.79 Å². The third-order valence-electron chi connectivity index (χ3n) is 3.43. The Morgan fingerprint density at radius 1 is 1.33 bits per heavy atom. The molecule has 0 saturated carbocycles. The maximum Gasteiger partial charge on any atom is 0.254 e. The Kier molecular flexibility index (Phi) is 6.02. The van der Waals surface area contributed by atoms with Crippen molar-refractivity contribution in [2.75, 3.05) is 40.0 Å². The molecule has 0 atom stereocenters. The molecule has 1 aliphatic rings. The predicted molar refractivity (Wildman–Crippen MR) is 79.7 cm³/mol. The monoisotopic (exact) mass is 293 g/mol. The molecule has 0 aliphatic carbocycles. The summed E-state index contributed by atoms with van der Waals surface area (Å²) in [6.45, 7) is 5.73. The van der Waals surface area contributed by atoms with Crippen molar-refractivity contribution < 1.29 is 19.0 Å². The number of carbonyl (C=O) groups excluding carboxylic acids is 1. The molecular formula is C16H23NO4. The average Bonchev–Trinajstić information content (AvgIpc) is 2.55. The van der Waals surface area contributed by atoms with E-state index in [1.165, 1.54) is 0 Å². The number of benzene rings is 1. The average molecular weight is 293 g/mol. The molecule has 0 spiro atoms. The highest BCUT2D eigenvalue weighted by Gasteiger charge is 2.19. The first-order valence-corrected chi connectivity index (χ1v) is 7.38. The lowest BCUT2D eigenvalue weighted by molar-refractivity contribution is 0.0302. The highest BCUT2D eigenvalue weighted by atomic mass is 16.5. The highest BCUT2D eigenvalue weighted by molar-refractivity contribution is 5.94. The zero-order valence-electron chi connectivity index (χ0n) is 12.8. The first-order valence-electron chi connectivity index (χ1n) is 7.38. The first-order chi connectivity index (χ1) is 10.3. The third kappa shape index (κ3) is 4.19. The molecule has 1 saturated heterocycles. The summed E-state index contributed by atoms with van der Waals surface area (Å²) in [4.78, 5) is 14.3. The number of hydrogen-bond donors (Lipinski definition) is 0. The summed E-state index contributed by atoms with van der Waals surface area (Å²) in [5.74, 6) is 0.794. The highest BCUT2D eigenvalue weighted by Crippen LogP contribution is 2.22. The van der Waals surface area contributed by atoms with Gasteiger partial charge in [-0.05, 0) is 24.6 Å². The van der Waals surface area contributed by atoms with Crippen molar-refractivity contribution in [3.05, 3.63) is 29.3 Å². The molecule has 5 nitrogen and oxygen atoms in total. The van der Waals surface area contributed by atoms with Gasteiger partial charge in [-0.15, -0.1) is 0 Å². The zero-order chi connectivity index (χ0) is 15.1. The quantitative estimate of drug-likeness (QED) is 0.754. The predicted octanol–water partition coefficient (Wildman–Crippen LogP) is 2.09. The Balaban J connectivity index is 2.11. The van der Waals surface area contributed by atoms with Gasteiger partial charge >= 0.3 is 0 Å². The summed E-state index contributed by atoms with van der Waals surface area (Å²) in [7, 11) is 1.63. The first kappa shape index (κ1) is 15.8. The van der Waals surface area contributed by atoms with Crippen LogP contribution in [-0.4, -0.2) is 50.8 Å². The van der Waals surface area contributed by atoms with Gasteiger partial charge in [-0.1, -0.05) is 6.92 Å². The molecule has 0 N–H and O–H groups in total. The van der Waals surface area contributed by atoms with Crippen LogP contribution in [0.4, 0.5) is 0 Å². The van der Waals surface area contributed by atoms with E-state index in [0.29, 0.717) is 45.1 Å². The van der Waals surface area contributed by atoms with E-state index in [1.807, 2.05) is 17.0 Å². The van der Waals surface area contributed by atoms with Crippen molar-refractivity contribution in [3.8, 4) is 5.75 Å². The van der Waals surface area contributed by atoms with E-state index < -0.39 is 0 Å². The normalized spacial score (nSPS) is 15.0. The fourth-order valence-corrected chi connectivity index (χ4v) is 2.30. The molecule has 0 radical (unpaired) electrons. The van der Waals surface area contributed by atoms with Crippen LogP contribution in [-0.2, 0) is 16.1 Å². The zero-order valence-corrected chi connectivity index (χ0v) is 12.8. The van der Waals surface area contributed by atoms with Crippen LogP contribution in [0.15, 0.2) is 18.2 Å². The molecule has 1 aromatic rings. The maximum absolute atomic E-state index is 12.5. The molecule has 1 aliphatic heterocycles. The smallest absolute Gasteiger partial charge is 0.254 e. The van der Waals surface area contributed by atoms with Crippen LogP contribution < -0.4 is 4.74 Å². The molecule has 1 fully saturated rings. The fourth-order valence-electron chi connectivity index (χ4n) is 2.30. The molecule has 1 heterocycles. The lowest BCUT2D eigenvalue weighted by Crippen LogP contribution is -2.40. The van der Waals surface area contributed by atoms with Crippen LogP contribution in [0, 0.1) is 0 Å². The van der Waals surface area contributed by atoms with Crippen LogP contribution in [0.1, 0.15) is 29.3 Å². The molecule has 2 rings (SSSR count). The van der Waals surface area contributed by atoms with Crippen molar-refractivity contribution in [1.82, 2.24) is 4.90 Å². The van der Waals surface area contributed by atoms with Gasteiger partial charge in [0.15, 0.2) is 0 Å². The molecule has 0 aromatic heterocycles. The second-order valence-corrected chi connectivity index (χ2v) is 4.98. The maximum atomic E-state index is 12.5. The van der Waals surface area contributed by atoms with Crippen LogP contribution in [0.2, 0.25) is 0 Å². The minimum absolute atomic E-state index is 0.0395. The number of morpholine rings is 1. The standard InChI is InChI=1S/C16H23NO4/c1-3-8-21-12-14-11-13(4-5-15(14)19-2)16(18)17-6-9-20-10-7-17/h4-5,11H,3,6-10,12H2,1-2H3. The van der Waals surface area contributed by atoms with Crippen molar-refractivity contribution >= 4 is 5.91 Å². The van der Waals surface area contributed by atoms with E-state index >= 15 is 0 Å². The number of carbonyl (C=O) groups is 1. The Morgan fingerprint density at radius 2 is 2.10 bits per heavy atom. The fraction of sp³-hybridized carbons (Fsp3) is 0.562. The molecule has 0 unspecified atom stereocenters. The lowest BCUT2D eigenvalue weighted by Gasteiger charge is -2.27. The van der Waals surface area contributed by atoms with E-state index in [1.54, 1.807) is 13.2 Å². The van der Waals surface area contributed by atoms with Gasteiger partial charge in [0.2, 0.25) is 0 Å². The molecule has 5 heteroatoms. The second kappa shape index (κ2) is 8.00. The van der Waals surface area contributed by atoms with E-state index in [0.717, 1.165) is 17.7 Å².